The molecule has 0 aliphatic rings. The normalized spacial score (nSPS) is 12.6. The Morgan fingerprint density at radius 1 is 1.12 bits per heavy atom. The second kappa shape index (κ2) is 9.56. The van der Waals surface area contributed by atoms with Crippen LogP contribution in [0.15, 0.2) is 24.3 Å². The highest BCUT2D eigenvalue weighted by molar-refractivity contribution is 5.79. The molecule has 0 aliphatic heterocycles. The molecule has 140 valence electrons. The lowest BCUT2D eigenvalue weighted by Gasteiger charge is -2.25. The fourth-order valence-electron chi connectivity index (χ4n) is 2.64. The van der Waals surface area contributed by atoms with Gasteiger partial charge >= 0.3 is 0 Å². The van der Waals surface area contributed by atoms with E-state index in [-0.39, 0.29) is 17.4 Å². The molecule has 0 aromatic heterocycles. The largest absolute Gasteiger partial charge is 0.347 e. The SMILES string of the molecule is CCCN(Cc1ccc(C)cc1)C(=O)C[NH+](C)CC(=O)NC(C)(C)C. The number of nitrogens with one attached hydrogen (secondary N) is 2. The van der Waals surface area contributed by atoms with Gasteiger partial charge in [-0.2, -0.15) is 0 Å². The maximum absolute atomic E-state index is 12.7. The minimum atomic E-state index is -0.249. The molecule has 0 heterocycles. The van der Waals surface area contributed by atoms with E-state index in [4.69, 9.17) is 0 Å². The van der Waals surface area contributed by atoms with Crippen LogP contribution in [-0.4, -0.2) is 48.9 Å². The Kier molecular flexibility index (Phi) is 8.10. The highest BCUT2D eigenvalue weighted by atomic mass is 16.2. The molecule has 0 spiro atoms. The van der Waals surface area contributed by atoms with E-state index in [1.165, 1.54) is 5.56 Å². The first kappa shape index (κ1) is 21.2. The summed E-state index contributed by atoms with van der Waals surface area (Å²) in [6.07, 6.45) is 0.918. The lowest BCUT2D eigenvalue weighted by Crippen LogP contribution is -3.11. The van der Waals surface area contributed by atoms with Crippen molar-refractivity contribution in [3.05, 3.63) is 35.4 Å². The molecule has 0 saturated carbocycles. The van der Waals surface area contributed by atoms with Crippen LogP contribution in [-0.2, 0) is 16.1 Å². The Morgan fingerprint density at radius 2 is 1.72 bits per heavy atom. The van der Waals surface area contributed by atoms with E-state index in [9.17, 15) is 9.59 Å². The smallest absolute Gasteiger partial charge is 0.278 e. The first-order chi connectivity index (χ1) is 11.6. The van der Waals surface area contributed by atoms with Crippen molar-refractivity contribution >= 4 is 11.8 Å². The Labute approximate surface area is 152 Å². The van der Waals surface area contributed by atoms with Gasteiger partial charge in [-0.3, -0.25) is 9.59 Å². The summed E-state index contributed by atoms with van der Waals surface area (Å²) in [5, 5.41) is 2.94. The molecule has 0 fully saturated rings. The molecule has 25 heavy (non-hydrogen) atoms. The summed E-state index contributed by atoms with van der Waals surface area (Å²) in [5.41, 5.74) is 2.10. The van der Waals surface area contributed by atoms with Crippen LogP contribution in [0.4, 0.5) is 0 Å². The van der Waals surface area contributed by atoms with E-state index >= 15 is 0 Å². The van der Waals surface area contributed by atoms with Crippen molar-refractivity contribution in [3.63, 3.8) is 0 Å². The third-order valence-electron chi connectivity index (χ3n) is 3.77. The van der Waals surface area contributed by atoms with E-state index in [2.05, 4.69) is 43.4 Å². The number of carbonyl (C=O) groups excluding carboxylic acids is 2. The van der Waals surface area contributed by atoms with Gasteiger partial charge in [0.05, 0.1) is 7.05 Å². The molecule has 0 bridgehead atoms. The van der Waals surface area contributed by atoms with Crippen molar-refractivity contribution in [2.75, 3.05) is 26.7 Å². The first-order valence-corrected chi connectivity index (χ1v) is 9.06. The van der Waals surface area contributed by atoms with Gasteiger partial charge in [-0.25, -0.2) is 0 Å². The topological polar surface area (TPSA) is 53.9 Å². The molecule has 1 aromatic carbocycles. The van der Waals surface area contributed by atoms with Gasteiger partial charge in [0.25, 0.3) is 11.8 Å². The number of nitrogens with zero attached hydrogens (tertiary/aromatic N) is 1. The molecule has 0 aliphatic carbocycles. The zero-order chi connectivity index (χ0) is 19.0. The third kappa shape index (κ3) is 8.68. The monoisotopic (exact) mass is 348 g/mol. The number of aryl methyl sites for hydroxylation is 1. The molecule has 2 N–H and O–H groups in total. The Balaban J connectivity index is 2.60. The molecular weight excluding hydrogens is 314 g/mol. The quantitative estimate of drug-likeness (QED) is 0.741. The average molecular weight is 349 g/mol. The molecule has 0 radical (unpaired) electrons. The summed E-state index contributed by atoms with van der Waals surface area (Å²) in [6, 6.07) is 8.27. The van der Waals surface area contributed by atoms with Crippen molar-refractivity contribution in [2.45, 2.75) is 53.1 Å². The van der Waals surface area contributed by atoms with E-state index in [1.807, 2.05) is 32.7 Å². The van der Waals surface area contributed by atoms with Crippen LogP contribution in [0.5, 0.6) is 0 Å². The van der Waals surface area contributed by atoms with Gasteiger partial charge in [-0.05, 0) is 39.7 Å². The summed E-state index contributed by atoms with van der Waals surface area (Å²) in [4.78, 5) is 27.5. The summed E-state index contributed by atoms with van der Waals surface area (Å²) in [6.45, 7) is 12.0. The van der Waals surface area contributed by atoms with Crippen molar-refractivity contribution in [3.8, 4) is 0 Å². The van der Waals surface area contributed by atoms with Crippen molar-refractivity contribution in [2.24, 2.45) is 0 Å². The number of carbonyl (C=O) groups is 2. The Bertz CT molecular complexity index is 561. The highest BCUT2D eigenvalue weighted by Gasteiger charge is 2.21. The summed E-state index contributed by atoms with van der Waals surface area (Å²) < 4.78 is 0. The molecule has 1 unspecified atom stereocenters. The number of likely N-dealkylation sites (N-methyl/N-ethyl adjacent to an activating group) is 1. The van der Waals surface area contributed by atoms with Gasteiger partial charge in [0.15, 0.2) is 13.1 Å². The average Bonchev–Trinajstić information content (AvgIpc) is 2.46. The van der Waals surface area contributed by atoms with Gasteiger partial charge in [-0.1, -0.05) is 36.8 Å². The lowest BCUT2D eigenvalue weighted by atomic mass is 10.1. The van der Waals surface area contributed by atoms with E-state index in [0.29, 0.717) is 19.6 Å². The van der Waals surface area contributed by atoms with Gasteiger partial charge < -0.3 is 15.1 Å². The Hall–Kier alpha value is -1.88. The zero-order valence-corrected chi connectivity index (χ0v) is 16.6. The number of benzene rings is 1. The van der Waals surface area contributed by atoms with Gasteiger partial charge in [0.1, 0.15) is 0 Å². The second-order valence-corrected chi connectivity index (χ2v) is 7.91. The predicted octanol–water partition coefficient (Wildman–Crippen LogP) is 1.16. The van der Waals surface area contributed by atoms with Gasteiger partial charge in [-0.15, -0.1) is 0 Å². The van der Waals surface area contributed by atoms with Crippen LogP contribution in [0.1, 0.15) is 45.2 Å². The van der Waals surface area contributed by atoms with E-state index in [1.54, 1.807) is 0 Å². The van der Waals surface area contributed by atoms with Crippen LogP contribution in [0, 0.1) is 6.92 Å². The summed E-state index contributed by atoms with van der Waals surface area (Å²) in [5.74, 6) is 0.0573. The van der Waals surface area contributed by atoms with Gasteiger partial charge in [0.2, 0.25) is 0 Å². The minimum Gasteiger partial charge on any atom is -0.347 e. The number of rotatable bonds is 8. The molecule has 5 nitrogen and oxygen atoms in total. The van der Waals surface area contributed by atoms with Crippen molar-refractivity contribution in [1.82, 2.24) is 10.2 Å². The van der Waals surface area contributed by atoms with Gasteiger partial charge in [0, 0.05) is 18.6 Å². The molecule has 2 amide bonds. The van der Waals surface area contributed by atoms with Crippen LogP contribution < -0.4 is 10.2 Å². The minimum absolute atomic E-state index is 0.0293. The first-order valence-electron chi connectivity index (χ1n) is 9.06. The van der Waals surface area contributed by atoms with Crippen LogP contribution in [0.25, 0.3) is 0 Å². The number of hydrogen-bond donors (Lipinski definition) is 2. The summed E-state index contributed by atoms with van der Waals surface area (Å²) in [7, 11) is 1.89. The molecule has 0 saturated heterocycles. The summed E-state index contributed by atoms with van der Waals surface area (Å²) >= 11 is 0. The second-order valence-electron chi connectivity index (χ2n) is 7.91. The number of quaternary nitrogens is 1. The van der Waals surface area contributed by atoms with Crippen molar-refractivity contribution < 1.29 is 14.5 Å². The zero-order valence-electron chi connectivity index (χ0n) is 16.6. The van der Waals surface area contributed by atoms with E-state index < -0.39 is 0 Å². The molecule has 1 atom stereocenters. The standard InChI is InChI=1S/C20H33N3O2/c1-7-12-23(13-17-10-8-16(2)9-11-17)19(25)15-22(6)14-18(24)21-20(3,4)5/h8-11H,7,12-15H2,1-6H3,(H,21,24)/p+1. The maximum atomic E-state index is 12.7. The van der Waals surface area contributed by atoms with Crippen LogP contribution >= 0.6 is 0 Å². The predicted molar refractivity (Wildman–Crippen MR) is 101 cm³/mol. The molecular formula is C20H34N3O2+. The van der Waals surface area contributed by atoms with Crippen LogP contribution in [0.2, 0.25) is 0 Å². The molecule has 5 heteroatoms. The molecule has 1 rings (SSSR count). The van der Waals surface area contributed by atoms with Crippen molar-refractivity contribution in [1.29, 1.82) is 0 Å². The fraction of sp³-hybridized carbons (Fsp3) is 0.600. The fourth-order valence-corrected chi connectivity index (χ4v) is 2.64. The number of amides is 2. The lowest BCUT2D eigenvalue weighted by molar-refractivity contribution is -0.863. The molecule has 1 aromatic rings. The Morgan fingerprint density at radius 3 is 2.24 bits per heavy atom. The highest BCUT2D eigenvalue weighted by Crippen LogP contribution is 2.07. The third-order valence-corrected chi connectivity index (χ3v) is 3.77. The number of hydrogen-bond acceptors (Lipinski definition) is 2. The maximum Gasteiger partial charge on any atom is 0.278 e. The van der Waals surface area contributed by atoms with E-state index in [0.717, 1.165) is 23.4 Å². The van der Waals surface area contributed by atoms with Crippen LogP contribution in [0.3, 0.4) is 0 Å².